The molecule has 0 aromatic carbocycles. The van der Waals surface area contributed by atoms with Gasteiger partial charge in [0.1, 0.15) is 5.76 Å². The van der Waals surface area contributed by atoms with E-state index in [0.717, 1.165) is 0 Å². The average Bonchev–Trinajstić information content (AvgIpc) is 3.01. The standard InChI is InChI=1S/C14H20N2O4S/c1-4-6-16(11-5-7-21(18,19)8-11)14(17)12-13(10(2)3)20-9-15-12/h4,9-11H,1,5-8H2,2-3H3/t11-/m1/s1. The third kappa shape index (κ3) is 3.34. The average molecular weight is 312 g/mol. The Morgan fingerprint density at radius 2 is 2.33 bits per heavy atom. The van der Waals surface area contributed by atoms with Gasteiger partial charge in [-0.15, -0.1) is 6.58 Å². The molecule has 2 rings (SSSR count). The number of oxazole rings is 1. The summed E-state index contributed by atoms with van der Waals surface area (Å²) in [6.07, 6.45) is 3.30. The minimum atomic E-state index is -3.06. The summed E-state index contributed by atoms with van der Waals surface area (Å²) in [5.41, 5.74) is 0.260. The molecular weight excluding hydrogens is 292 g/mol. The second-order valence-electron chi connectivity index (χ2n) is 5.52. The van der Waals surface area contributed by atoms with E-state index in [1.54, 1.807) is 6.08 Å². The van der Waals surface area contributed by atoms with Gasteiger partial charge < -0.3 is 9.32 Å². The number of carbonyl (C=O) groups is 1. The van der Waals surface area contributed by atoms with Crippen molar-refractivity contribution < 1.29 is 17.6 Å². The van der Waals surface area contributed by atoms with Crippen LogP contribution < -0.4 is 0 Å². The molecule has 0 bridgehead atoms. The zero-order chi connectivity index (χ0) is 15.6. The number of hydrogen-bond donors (Lipinski definition) is 0. The van der Waals surface area contributed by atoms with E-state index in [0.29, 0.717) is 18.7 Å². The minimum absolute atomic E-state index is 0.00143. The normalized spacial score (nSPS) is 20.6. The highest BCUT2D eigenvalue weighted by atomic mass is 32.2. The maximum absolute atomic E-state index is 12.7. The third-order valence-corrected chi connectivity index (χ3v) is 5.31. The van der Waals surface area contributed by atoms with E-state index in [4.69, 9.17) is 4.42 Å². The van der Waals surface area contributed by atoms with E-state index in [1.807, 2.05) is 13.8 Å². The van der Waals surface area contributed by atoms with Crippen molar-refractivity contribution in [1.29, 1.82) is 0 Å². The predicted octanol–water partition coefficient (Wildman–Crippen LogP) is 1.61. The highest BCUT2D eigenvalue weighted by Gasteiger charge is 2.36. The Labute approximate surface area is 124 Å². The Balaban J connectivity index is 2.28. The first kappa shape index (κ1) is 15.8. The van der Waals surface area contributed by atoms with Crippen LogP contribution in [0, 0.1) is 0 Å². The minimum Gasteiger partial charge on any atom is -0.447 e. The highest BCUT2D eigenvalue weighted by Crippen LogP contribution is 2.23. The summed E-state index contributed by atoms with van der Waals surface area (Å²) in [7, 11) is -3.06. The van der Waals surface area contributed by atoms with E-state index in [1.165, 1.54) is 11.3 Å². The molecule has 0 aliphatic carbocycles. The van der Waals surface area contributed by atoms with Crippen LogP contribution >= 0.6 is 0 Å². The van der Waals surface area contributed by atoms with E-state index in [9.17, 15) is 13.2 Å². The Bertz CT molecular complexity index is 633. The maximum atomic E-state index is 12.7. The van der Waals surface area contributed by atoms with E-state index < -0.39 is 9.84 Å². The first-order chi connectivity index (χ1) is 9.85. The monoisotopic (exact) mass is 312 g/mol. The smallest absolute Gasteiger partial charge is 0.276 e. The molecular formula is C14H20N2O4S. The number of aromatic nitrogens is 1. The number of sulfone groups is 1. The van der Waals surface area contributed by atoms with Crippen LogP contribution in [0.1, 0.15) is 42.4 Å². The van der Waals surface area contributed by atoms with E-state index in [-0.39, 0.29) is 35.1 Å². The molecule has 1 aliphatic rings. The second kappa shape index (κ2) is 6.01. The summed E-state index contributed by atoms with van der Waals surface area (Å²) in [5, 5.41) is 0. The van der Waals surface area contributed by atoms with Crippen LogP contribution in [-0.2, 0) is 9.84 Å². The second-order valence-corrected chi connectivity index (χ2v) is 7.75. The van der Waals surface area contributed by atoms with Crippen LogP contribution in [0.4, 0.5) is 0 Å². The molecule has 1 aromatic heterocycles. The summed E-state index contributed by atoms with van der Waals surface area (Å²) in [6.45, 7) is 7.76. The SMILES string of the molecule is C=CCN(C(=O)c1ncoc1C(C)C)[C@@H]1CCS(=O)(=O)C1. The Morgan fingerprint density at radius 1 is 1.62 bits per heavy atom. The van der Waals surface area contributed by atoms with Crippen LogP contribution in [0.15, 0.2) is 23.5 Å². The highest BCUT2D eigenvalue weighted by molar-refractivity contribution is 7.91. The summed E-state index contributed by atoms with van der Waals surface area (Å²) in [5.74, 6) is 0.379. The van der Waals surface area contributed by atoms with Crippen LogP contribution in [0.2, 0.25) is 0 Å². The number of rotatable bonds is 5. The lowest BCUT2D eigenvalue weighted by Crippen LogP contribution is -2.41. The number of amides is 1. The van der Waals surface area contributed by atoms with Gasteiger partial charge in [0.25, 0.3) is 5.91 Å². The quantitative estimate of drug-likeness (QED) is 0.772. The summed E-state index contributed by atoms with van der Waals surface area (Å²) >= 11 is 0. The van der Waals surface area contributed by atoms with Crippen LogP contribution in [0.5, 0.6) is 0 Å². The van der Waals surface area contributed by atoms with Crippen molar-refractivity contribution in [2.24, 2.45) is 0 Å². The van der Waals surface area contributed by atoms with Crippen molar-refractivity contribution in [3.8, 4) is 0 Å². The molecule has 1 aromatic rings. The van der Waals surface area contributed by atoms with E-state index in [2.05, 4.69) is 11.6 Å². The van der Waals surface area contributed by atoms with Gasteiger partial charge in [-0.05, 0) is 6.42 Å². The molecule has 0 saturated carbocycles. The lowest BCUT2D eigenvalue weighted by molar-refractivity contribution is 0.0712. The van der Waals surface area contributed by atoms with Gasteiger partial charge in [0.15, 0.2) is 21.9 Å². The zero-order valence-electron chi connectivity index (χ0n) is 12.3. The van der Waals surface area contributed by atoms with Gasteiger partial charge >= 0.3 is 0 Å². The molecule has 116 valence electrons. The summed E-state index contributed by atoms with van der Waals surface area (Å²) < 4.78 is 28.5. The molecule has 1 atom stereocenters. The molecule has 0 N–H and O–H groups in total. The predicted molar refractivity (Wildman–Crippen MR) is 78.9 cm³/mol. The molecule has 1 saturated heterocycles. The largest absolute Gasteiger partial charge is 0.447 e. The molecule has 1 aliphatic heterocycles. The lowest BCUT2D eigenvalue weighted by atomic mass is 10.1. The van der Waals surface area contributed by atoms with Crippen molar-refractivity contribution in [3.05, 3.63) is 30.5 Å². The third-order valence-electron chi connectivity index (χ3n) is 3.56. The van der Waals surface area contributed by atoms with Crippen LogP contribution in [0.25, 0.3) is 0 Å². The van der Waals surface area contributed by atoms with Gasteiger partial charge in [0.05, 0.1) is 11.5 Å². The van der Waals surface area contributed by atoms with Crippen LogP contribution in [-0.4, -0.2) is 48.3 Å². The topological polar surface area (TPSA) is 80.5 Å². The molecule has 21 heavy (non-hydrogen) atoms. The molecule has 1 fully saturated rings. The van der Waals surface area contributed by atoms with Crippen molar-refractivity contribution in [3.63, 3.8) is 0 Å². The van der Waals surface area contributed by atoms with Crippen molar-refractivity contribution in [2.75, 3.05) is 18.1 Å². The molecule has 0 spiro atoms. The van der Waals surface area contributed by atoms with Gasteiger partial charge in [-0.2, -0.15) is 0 Å². The van der Waals surface area contributed by atoms with E-state index >= 15 is 0 Å². The van der Waals surface area contributed by atoms with Gasteiger partial charge in [0, 0.05) is 18.5 Å². The molecule has 0 unspecified atom stereocenters. The molecule has 7 heteroatoms. The Morgan fingerprint density at radius 3 is 2.86 bits per heavy atom. The van der Waals surface area contributed by atoms with Gasteiger partial charge in [0.2, 0.25) is 0 Å². The van der Waals surface area contributed by atoms with Crippen LogP contribution in [0.3, 0.4) is 0 Å². The van der Waals surface area contributed by atoms with Gasteiger partial charge in [-0.25, -0.2) is 13.4 Å². The Hall–Kier alpha value is -1.63. The number of nitrogens with zero attached hydrogens (tertiary/aromatic N) is 2. The first-order valence-electron chi connectivity index (χ1n) is 6.91. The molecule has 1 amide bonds. The van der Waals surface area contributed by atoms with Crippen molar-refractivity contribution in [2.45, 2.75) is 32.2 Å². The van der Waals surface area contributed by atoms with Gasteiger partial charge in [-0.3, -0.25) is 4.79 Å². The molecule has 2 heterocycles. The fourth-order valence-corrected chi connectivity index (χ4v) is 4.25. The maximum Gasteiger partial charge on any atom is 0.276 e. The summed E-state index contributed by atoms with van der Waals surface area (Å²) in [4.78, 5) is 18.2. The number of carbonyl (C=O) groups excluding carboxylic acids is 1. The Kier molecular flexibility index (Phi) is 4.51. The van der Waals surface area contributed by atoms with Crippen molar-refractivity contribution in [1.82, 2.24) is 9.88 Å². The fraction of sp³-hybridized carbons (Fsp3) is 0.571. The number of hydrogen-bond acceptors (Lipinski definition) is 5. The fourth-order valence-electron chi connectivity index (χ4n) is 2.52. The van der Waals surface area contributed by atoms with Gasteiger partial charge in [-0.1, -0.05) is 19.9 Å². The zero-order valence-corrected chi connectivity index (χ0v) is 13.1. The lowest BCUT2D eigenvalue weighted by Gasteiger charge is -2.26. The summed E-state index contributed by atoms with van der Waals surface area (Å²) in [6, 6.07) is -0.322. The first-order valence-corrected chi connectivity index (χ1v) is 8.73. The molecule has 6 nitrogen and oxygen atoms in total. The van der Waals surface area contributed by atoms with Crippen molar-refractivity contribution >= 4 is 15.7 Å². The molecule has 0 radical (unpaired) electrons.